The van der Waals surface area contributed by atoms with E-state index in [0.29, 0.717) is 0 Å². The maximum atomic E-state index is 12.5. The molecular formula is C10H9F3O4. The second-order valence-electron chi connectivity index (χ2n) is 3.13. The fraction of sp³-hybridized carbons (Fsp3) is 0.400. The van der Waals surface area contributed by atoms with Gasteiger partial charge in [0.25, 0.3) is 0 Å². The number of Topliss-reactive ketones (excluding diaryl/α,β-unsaturated/α-hetero) is 1. The Morgan fingerprint density at radius 1 is 1.41 bits per heavy atom. The number of carbonyl (C=O) groups is 2. The first kappa shape index (κ1) is 13.3. The standard InChI is InChI=1S/C10H9F3O4/c1-3-16-9(15)6-4-7(5(2)14)17-8(6)10(11,12)13/h4H,3H2,1-2H3. The molecule has 0 radical (unpaired) electrons. The summed E-state index contributed by atoms with van der Waals surface area (Å²) in [6.07, 6.45) is -4.85. The minimum Gasteiger partial charge on any atom is -0.462 e. The van der Waals surface area contributed by atoms with Crippen LogP contribution in [0.4, 0.5) is 13.2 Å². The molecule has 4 nitrogen and oxygen atoms in total. The lowest BCUT2D eigenvalue weighted by Crippen LogP contribution is -2.12. The van der Waals surface area contributed by atoms with Crippen LogP contribution in [0.25, 0.3) is 0 Å². The van der Waals surface area contributed by atoms with Gasteiger partial charge in [-0.2, -0.15) is 13.2 Å². The topological polar surface area (TPSA) is 56.5 Å². The molecule has 0 amide bonds. The van der Waals surface area contributed by atoms with E-state index in [4.69, 9.17) is 0 Å². The number of halogens is 3. The van der Waals surface area contributed by atoms with Crippen LogP contribution in [-0.2, 0) is 10.9 Å². The molecule has 0 aliphatic heterocycles. The van der Waals surface area contributed by atoms with E-state index in [2.05, 4.69) is 9.15 Å². The summed E-state index contributed by atoms with van der Waals surface area (Å²) in [5, 5.41) is 0. The van der Waals surface area contributed by atoms with Gasteiger partial charge in [-0.25, -0.2) is 4.79 Å². The van der Waals surface area contributed by atoms with Crippen molar-refractivity contribution < 1.29 is 31.9 Å². The Hall–Kier alpha value is -1.79. The average molecular weight is 250 g/mol. The van der Waals surface area contributed by atoms with Gasteiger partial charge in [0.05, 0.1) is 6.61 Å². The third-order valence-electron chi connectivity index (χ3n) is 1.83. The fourth-order valence-electron chi connectivity index (χ4n) is 1.14. The minimum atomic E-state index is -4.85. The molecule has 0 aliphatic rings. The zero-order valence-electron chi connectivity index (χ0n) is 9.05. The Balaban J connectivity index is 3.26. The van der Waals surface area contributed by atoms with Crippen molar-refractivity contribution in [1.82, 2.24) is 0 Å². The highest BCUT2D eigenvalue weighted by Crippen LogP contribution is 2.34. The van der Waals surface area contributed by atoms with Crippen LogP contribution < -0.4 is 0 Å². The van der Waals surface area contributed by atoms with Crippen LogP contribution in [0.5, 0.6) is 0 Å². The first-order valence-electron chi connectivity index (χ1n) is 4.66. The van der Waals surface area contributed by atoms with Crippen molar-refractivity contribution in [1.29, 1.82) is 0 Å². The number of alkyl halides is 3. The summed E-state index contributed by atoms with van der Waals surface area (Å²) in [6, 6.07) is 0.739. The van der Waals surface area contributed by atoms with Crippen molar-refractivity contribution in [3.8, 4) is 0 Å². The molecule has 0 N–H and O–H groups in total. The van der Waals surface area contributed by atoms with Gasteiger partial charge < -0.3 is 9.15 Å². The highest BCUT2D eigenvalue weighted by molar-refractivity contribution is 5.97. The molecule has 0 bridgehead atoms. The Morgan fingerprint density at radius 2 is 2.00 bits per heavy atom. The first-order chi connectivity index (χ1) is 7.77. The summed E-state index contributed by atoms with van der Waals surface area (Å²) in [4.78, 5) is 22.2. The number of esters is 1. The zero-order chi connectivity index (χ0) is 13.2. The maximum Gasteiger partial charge on any atom is 0.450 e. The number of furan rings is 1. The van der Waals surface area contributed by atoms with E-state index in [1.165, 1.54) is 6.92 Å². The Bertz CT molecular complexity index is 445. The zero-order valence-corrected chi connectivity index (χ0v) is 9.05. The van der Waals surface area contributed by atoms with Crippen molar-refractivity contribution in [2.45, 2.75) is 20.0 Å². The molecule has 1 heterocycles. The van der Waals surface area contributed by atoms with Crippen molar-refractivity contribution in [3.63, 3.8) is 0 Å². The highest BCUT2D eigenvalue weighted by atomic mass is 19.4. The number of hydrogen-bond donors (Lipinski definition) is 0. The number of rotatable bonds is 3. The molecular weight excluding hydrogens is 241 g/mol. The molecule has 0 spiro atoms. The summed E-state index contributed by atoms with van der Waals surface area (Å²) in [6.45, 7) is 2.42. The van der Waals surface area contributed by atoms with Gasteiger partial charge in [-0.15, -0.1) is 0 Å². The van der Waals surface area contributed by atoms with Crippen LogP contribution in [0.15, 0.2) is 10.5 Å². The summed E-state index contributed by atoms with van der Waals surface area (Å²) in [5.41, 5.74) is -0.787. The Labute approximate surface area is 94.3 Å². The van der Waals surface area contributed by atoms with Gasteiger partial charge in [0.15, 0.2) is 11.5 Å². The van der Waals surface area contributed by atoms with E-state index < -0.39 is 35.0 Å². The first-order valence-corrected chi connectivity index (χ1v) is 4.66. The van der Waals surface area contributed by atoms with Crippen LogP contribution in [0.1, 0.15) is 40.5 Å². The summed E-state index contributed by atoms with van der Waals surface area (Å²) in [7, 11) is 0. The number of carbonyl (C=O) groups excluding carboxylic acids is 2. The third-order valence-corrected chi connectivity index (χ3v) is 1.83. The third kappa shape index (κ3) is 2.86. The predicted octanol–water partition coefficient (Wildman–Crippen LogP) is 2.68. The second-order valence-corrected chi connectivity index (χ2v) is 3.13. The van der Waals surface area contributed by atoms with E-state index in [-0.39, 0.29) is 6.61 Å². The van der Waals surface area contributed by atoms with Gasteiger partial charge in [0.2, 0.25) is 5.76 Å². The molecule has 94 valence electrons. The lowest BCUT2D eigenvalue weighted by atomic mass is 10.2. The van der Waals surface area contributed by atoms with Gasteiger partial charge in [0.1, 0.15) is 5.56 Å². The molecule has 7 heteroatoms. The van der Waals surface area contributed by atoms with Crippen molar-refractivity contribution in [2.24, 2.45) is 0 Å². The number of hydrogen-bond acceptors (Lipinski definition) is 4. The van der Waals surface area contributed by atoms with Crippen LogP contribution in [0.2, 0.25) is 0 Å². The van der Waals surface area contributed by atoms with E-state index >= 15 is 0 Å². The smallest absolute Gasteiger partial charge is 0.450 e. The van der Waals surface area contributed by atoms with Crippen LogP contribution in [-0.4, -0.2) is 18.4 Å². The summed E-state index contributed by atoms with van der Waals surface area (Å²) < 4.78 is 46.3. The van der Waals surface area contributed by atoms with Crippen LogP contribution in [0, 0.1) is 0 Å². The van der Waals surface area contributed by atoms with Gasteiger partial charge in [-0.1, -0.05) is 0 Å². The quantitative estimate of drug-likeness (QED) is 0.611. The average Bonchev–Trinajstić information content (AvgIpc) is 2.61. The normalized spacial score (nSPS) is 11.4. The van der Waals surface area contributed by atoms with Crippen molar-refractivity contribution in [2.75, 3.05) is 6.61 Å². The molecule has 0 aliphatic carbocycles. The van der Waals surface area contributed by atoms with Gasteiger partial charge in [-0.05, 0) is 6.92 Å². The second kappa shape index (κ2) is 4.60. The molecule has 0 unspecified atom stereocenters. The number of ketones is 1. The molecule has 17 heavy (non-hydrogen) atoms. The van der Waals surface area contributed by atoms with Gasteiger partial charge >= 0.3 is 12.1 Å². The maximum absolute atomic E-state index is 12.5. The molecule has 0 aromatic carbocycles. The van der Waals surface area contributed by atoms with Crippen LogP contribution in [0.3, 0.4) is 0 Å². The fourth-order valence-corrected chi connectivity index (χ4v) is 1.14. The van der Waals surface area contributed by atoms with Crippen molar-refractivity contribution in [3.05, 3.63) is 23.2 Å². The van der Waals surface area contributed by atoms with E-state index in [1.807, 2.05) is 0 Å². The molecule has 0 saturated heterocycles. The monoisotopic (exact) mass is 250 g/mol. The van der Waals surface area contributed by atoms with E-state index in [0.717, 1.165) is 13.0 Å². The highest BCUT2D eigenvalue weighted by Gasteiger charge is 2.41. The van der Waals surface area contributed by atoms with Crippen LogP contribution >= 0.6 is 0 Å². The predicted molar refractivity (Wildman–Crippen MR) is 49.7 cm³/mol. The van der Waals surface area contributed by atoms with E-state index in [9.17, 15) is 22.8 Å². The molecule has 0 atom stereocenters. The van der Waals surface area contributed by atoms with Gasteiger partial charge in [-0.3, -0.25) is 4.79 Å². The van der Waals surface area contributed by atoms with Gasteiger partial charge in [0, 0.05) is 13.0 Å². The Morgan fingerprint density at radius 3 is 2.41 bits per heavy atom. The lowest BCUT2D eigenvalue weighted by Gasteiger charge is -2.05. The SMILES string of the molecule is CCOC(=O)c1cc(C(C)=O)oc1C(F)(F)F. The van der Waals surface area contributed by atoms with Crippen molar-refractivity contribution >= 4 is 11.8 Å². The molecule has 1 aromatic rings. The molecule has 1 aromatic heterocycles. The lowest BCUT2D eigenvalue weighted by molar-refractivity contribution is -0.153. The molecule has 0 saturated carbocycles. The largest absolute Gasteiger partial charge is 0.462 e. The Kier molecular flexibility index (Phi) is 3.59. The molecule has 1 rings (SSSR count). The summed E-state index contributed by atoms with van der Waals surface area (Å²) >= 11 is 0. The summed E-state index contributed by atoms with van der Waals surface area (Å²) in [5.74, 6) is -3.91. The minimum absolute atomic E-state index is 0.0727. The van der Waals surface area contributed by atoms with E-state index in [1.54, 1.807) is 0 Å². The molecule has 0 fully saturated rings. The number of ether oxygens (including phenoxy) is 1.